The van der Waals surface area contributed by atoms with E-state index in [4.69, 9.17) is 10.5 Å². The lowest BCUT2D eigenvalue weighted by molar-refractivity contribution is -0.157. The van der Waals surface area contributed by atoms with Crippen LogP contribution in [-0.2, 0) is 38.3 Å². The molecule has 2 aliphatic heterocycles. The minimum Gasteiger partial charge on any atom is -0.460 e. The van der Waals surface area contributed by atoms with Crippen molar-refractivity contribution in [1.29, 1.82) is 0 Å². The molecule has 0 aromatic carbocycles. The Morgan fingerprint density at radius 1 is 0.906 bits per heavy atom. The summed E-state index contributed by atoms with van der Waals surface area (Å²) in [6.45, 7) is 7.41. The third-order valence-corrected chi connectivity index (χ3v) is 10.6. The molecule has 3 aliphatic rings. The van der Waals surface area contributed by atoms with Crippen LogP contribution in [0.25, 0.3) is 0 Å². The van der Waals surface area contributed by atoms with E-state index < -0.39 is 78.2 Å². The molecule has 6 amide bonds. The van der Waals surface area contributed by atoms with E-state index in [0.29, 0.717) is 45.2 Å². The Kier molecular flexibility index (Phi) is 17.9. The van der Waals surface area contributed by atoms with Crippen LogP contribution in [0.5, 0.6) is 0 Å². The lowest BCUT2D eigenvalue weighted by Crippen LogP contribution is -2.62. The van der Waals surface area contributed by atoms with E-state index in [1.807, 2.05) is 13.8 Å². The van der Waals surface area contributed by atoms with Gasteiger partial charge in [-0.1, -0.05) is 66.2 Å². The zero-order chi connectivity index (χ0) is 39.1. The Bertz CT molecular complexity index is 1270. The van der Waals surface area contributed by atoms with Crippen LogP contribution < -0.4 is 37.6 Å². The van der Waals surface area contributed by atoms with Crippen LogP contribution in [0, 0.1) is 23.7 Å². The molecule has 0 aromatic rings. The summed E-state index contributed by atoms with van der Waals surface area (Å²) in [5.74, 6) is -5.44. The van der Waals surface area contributed by atoms with E-state index in [-0.39, 0.29) is 36.8 Å². The van der Waals surface area contributed by atoms with E-state index in [1.54, 1.807) is 14.0 Å². The van der Waals surface area contributed by atoms with Crippen LogP contribution in [-0.4, -0.2) is 116 Å². The summed E-state index contributed by atoms with van der Waals surface area (Å²) in [6.07, 6.45) is 7.50. The zero-order valence-electron chi connectivity index (χ0n) is 32.3. The standard InChI is InChI=1S/C37H64N8O8/c1-6-7-8-12-15-29-23(4)37(52)45(5)28(16-22(2)3)35(50)44-31(24-13-10-9-11-14-24)36(51)42-26(17-38)34(49)43-27(33(48)41-21-30(46)53-29)20-40-32(47)25-18-39-19-25/h22-29,31,39H,6-21,38H2,1-5H3,(H,40,47)(H,41,48)(H,42,51)(H,43,49)(H,44,50)/t23-,26+,27+,28+,29+,31+/m1/s1. The maximum absolute atomic E-state index is 14.2. The number of nitrogens with two attached hydrogens (primary N) is 1. The van der Waals surface area contributed by atoms with Gasteiger partial charge in [0.2, 0.25) is 35.4 Å². The minimum absolute atomic E-state index is 0.0135. The molecule has 6 atom stereocenters. The smallest absolute Gasteiger partial charge is 0.325 e. The maximum Gasteiger partial charge on any atom is 0.325 e. The van der Waals surface area contributed by atoms with E-state index in [1.165, 1.54) is 4.90 Å². The van der Waals surface area contributed by atoms with Gasteiger partial charge in [0.1, 0.15) is 36.8 Å². The monoisotopic (exact) mass is 748 g/mol. The number of hydrogen-bond acceptors (Lipinski definition) is 10. The number of likely N-dealkylation sites (N-methyl/N-ethyl adjacent to an activating group) is 1. The number of ether oxygens (including phenoxy) is 1. The highest BCUT2D eigenvalue weighted by molar-refractivity contribution is 5.96. The van der Waals surface area contributed by atoms with Gasteiger partial charge >= 0.3 is 5.97 Å². The fourth-order valence-electron chi connectivity index (χ4n) is 7.11. The van der Waals surface area contributed by atoms with Crippen molar-refractivity contribution in [1.82, 2.24) is 36.8 Å². The van der Waals surface area contributed by atoms with Crippen LogP contribution in [0.1, 0.15) is 98.3 Å². The molecule has 1 aliphatic carbocycles. The summed E-state index contributed by atoms with van der Waals surface area (Å²) in [6, 6.07) is -4.56. The molecule has 0 spiro atoms. The summed E-state index contributed by atoms with van der Waals surface area (Å²) in [4.78, 5) is 96.5. The maximum atomic E-state index is 14.2. The fourth-order valence-corrected chi connectivity index (χ4v) is 7.11. The normalized spacial score (nSPS) is 28.0. The molecule has 3 rings (SSSR count). The molecule has 0 bridgehead atoms. The Balaban J connectivity index is 1.99. The van der Waals surface area contributed by atoms with Crippen molar-refractivity contribution in [3.8, 4) is 0 Å². The largest absolute Gasteiger partial charge is 0.460 e. The topological polar surface area (TPSA) is 230 Å². The predicted octanol–water partition coefficient (Wildman–Crippen LogP) is -0.163. The molecule has 2 saturated heterocycles. The zero-order valence-corrected chi connectivity index (χ0v) is 32.3. The number of nitrogens with one attached hydrogen (secondary N) is 6. The first kappa shape index (κ1) is 43.6. The van der Waals surface area contributed by atoms with Crippen molar-refractivity contribution in [3.63, 3.8) is 0 Å². The summed E-state index contributed by atoms with van der Waals surface area (Å²) >= 11 is 0. The highest BCUT2D eigenvalue weighted by atomic mass is 16.5. The number of carbonyl (C=O) groups excluding carboxylic acids is 7. The van der Waals surface area contributed by atoms with Gasteiger partial charge in [0.05, 0.1) is 11.8 Å². The molecule has 0 unspecified atom stereocenters. The van der Waals surface area contributed by atoms with Gasteiger partial charge in [0.15, 0.2) is 0 Å². The number of cyclic esters (lactones) is 1. The second-order valence-corrected chi connectivity index (χ2v) is 15.3. The summed E-state index contributed by atoms with van der Waals surface area (Å²) < 4.78 is 5.83. The fraction of sp³-hybridized carbons (Fsp3) is 0.811. The van der Waals surface area contributed by atoms with Gasteiger partial charge in [0, 0.05) is 33.2 Å². The lowest BCUT2D eigenvalue weighted by Gasteiger charge is -2.36. The van der Waals surface area contributed by atoms with Crippen molar-refractivity contribution < 1.29 is 38.3 Å². The molecule has 300 valence electrons. The van der Waals surface area contributed by atoms with E-state index in [0.717, 1.165) is 38.5 Å². The van der Waals surface area contributed by atoms with E-state index in [2.05, 4.69) is 38.8 Å². The molecule has 0 aromatic heterocycles. The van der Waals surface area contributed by atoms with Crippen molar-refractivity contribution in [2.75, 3.05) is 39.8 Å². The van der Waals surface area contributed by atoms with E-state index in [9.17, 15) is 33.6 Å². The lowest BCUT2D eigenvalue weighted by atomic mass is 9.83. The minimum atomic E-state index is -1.33. The quantitative estimate of drug-likeness (QED) is 0.103. The van der Waals surface area contributed by atoms with Gasteiger partial charge in [0.25, 0.3) is 0 Å². The third kappa shape index (κ3) is 13.2. The van der Waals surface area contributed by atoms with Crippen molar-refractivity contribution >= 4 is 41.4 Å². The summed E-state index contributed by atoms with van der Waals surface area (Å²) in [5.41, 5.74) is 5.97. The second kappa shape index (κ2) is 21.8. The van der Waals surface area contributed by atoms with Crippen LogP contribution in [0.15, 0.2) is 0 Å². The predicted molar refractivity (Wildman–Crippen MR) is 198 cm³/mol. The Morgan fingerprint density at radius 3 is 2.19 bits per heavy atom. The van der Waals surface area contributed by atoms with Crippen molar-refractivity contribution in [2.45, 2.75) is 129 Å². The number of unbranched alkanes of at least 4 members (excludes halogenated alkanes) is 3. The highest BCUT2D eigenvalue weighted by Gasteiger charge is 2.39. The molecule has 16 nitrogen and oxygen atoms in total. The van der Waals surface area contributed by atoms with Gasteiger partial charge in [-0.2, -0.15) is 0 Å². The molecule has 16 heteroatoms. The van der Waals surface area contributed by atoms with Gasteiger partial charge in [-0.15, -0.1) is 0 Å². The second-order valence-electron chi connectivity index (χ2n) is 15.3. The van der Waals surface area contributed by atoms with Gasteiger partial charge in [-0.3, -0.25) is 33.6 Å². The van der Waals surface area contributed by atoms with Crippen LogP contribution in [0.2, 0.25) is 0 Å². The number of hydrogen-bond donors (Lipinski definition) is 7. The van der Waals surface area contributed by atoms with Crippen LogP contribution >= 0.6 is 0 Å². The Morgan fingerprint density at radius 2 is 1.58 bits per heavy atom. The van der Waals surface area contributed by atoms with Crippen molar-refractivity contribution in [3.05, 3.63) is 0 Å². The first-order valence-electron chi connectivity index (χ1n) is 19.6. The Labute approximate surface area is 314 Å². The van der Waals surface area contributed by atoms with Gasteiger partial charge < -0.3 is 47.3 Å². The van der Waals surface area contributed by atoms with Crippen LogP contribution in [0.3, 0.4) is 0 Å². The molecule has 3 fully saturated rings. The molecule has 2 heterocycles. The van der Waals surface area contributed by atoms with Gasteiger partial charge in [-0.25, -0.2) is 0 Å². The van der Waals surface area contributed by atoms with Crippen molar-refractivity contribution in [2.24, 2.45) is 29.4 Å². The summed E-state index contributed by atoms with van der Waals surface area (Å²) in [5, 5.41) is 16.4. The highest BCUT2D eigenvalue weighted by Crippen LogP contribution is 2.28. The average Bonchev–Trinajstić information content (AvgIpc) is 3.11. The number of rotatable bonds is 12. The molecular weight excluding hydrogens is 684 g/mol. The number of amides is 6. The molecule has 0 radical (unpaired) electrons. The van der Waals surface area contributed by atoms with Crippen LogP contribution in [0.4, 0.5) is 0 Å². The molecule has 1 saturated carbocycles. The molecule has 8 N–H and O–H groups in total. The summed E-state index contributed by atoms with van der Waals surface area (Å²) in [7, 11) is 1.55. The number of carbonyl (C=O) groups is 7. The average molecular weight is 749 g/mol. The van der Waals surface area contributed by atoms with E-state index >= 15 is 0 Å². The number of nitrogens with zero attached hydrogens (tertiary/aromatic N) is 1. The molecular formula is C37H64N8O8. The number of esters is 1. The third-order valence-electron chi connectivity index (χ3n) is 10.6. The first-order valence-corrected chi connectivity index (χ1v) is 19.6. The molecule has 53 heavy (non-hydrogen) atoms. The first-order chi connectivity index (χ1) is 25.3. The SMILES string of the molecule is CCCCCC[C@@H]1OC(=O)CNC(=O)[C@H](CNC(=O)C2CNC2)NC(=O)[C@H](CN)NC(=O)[C@H](C2CCCCC2)NC(=O)[C@H](CC(C)C)N(C)C(=O)[C@@H]1C. The van der Waals surface area contributed by atoms with Gasteiger partial charge in [-0.05, 0) is 43.9 Å². The Hall–Kier alpha value is -3.79.